The lowest BCUT2D eigenvalue weighted by atomic mass is 10.1. The van der Waals surface area contributed by atoms with Gasteiger partial charge in [0.1, 0.15) is 11.8 Å². The molecule has 0 saturated carbocycles. The maximum Gasteiger partial charge on any atom is 0.327 e. The van der Waals surface area contributed by atoms with E-state index >= 15 is 0 Å². The van der Waals surface area contributed by atoms with E-state index < -0.39 is 35.0 Å². The van der Waals surface area contributed by atoms with Gasteiger partial charge in [0.15, 0.2) is 11.6 Å². The molecular formula is C9H8BrF2NO3. The van der Waals surface area contributed by atoms with E-state index in [4.69, 9.17) is 5.73 Å². The summed E-state index contributed by atoms with van der Waals surface area (Å²) in [6, 6.07) is -0.852. The lowest BCUT2D eigenvalue weighted by molar-refractivity contribution is -0.142. The molecule has 0 fully saturated rings. The third-order valence-electron chi connectivity index (χ3n) is 1.95. The van der Waals surface area contributed by atoms with E-state index in [-0.39, 0.29) is 4.47 Å². The van der Waals surface area contributed by atoms with Crippen LogP contribution in [0.5, 0.6) is 5.75 Å². The Hall–Kier alpha value is -1.21. The van der Waals surface area contributed by atoms with Crippen LogP contribution in [0.4, 0.5) is 8.78 Å². The van der Waals surface area contributed by atoms with E-state index in [0.29, 0.717) is 0 Å². The summed E-state index contributed by atoms with van der Waals surface area (Å²) in [5.74, 6) is -4.21. The number of halogens is 3. The molecule has 0 aromatic heterocycles. The number of methoxy groups -OCH3 is 1. The van der Waals surface area contributed by atoms with Crippen molar-refractivity contribution in [3.8, 4) is 5.75 Å². The molecule has 16 heavy (non-hydrogen) atoms. The number of esters is 1. The minimum atomic E-state index is -1.59. The second-order valence-corrected chi connectivity index (χ2v) is 3.77. The number of hydrogen-bond acceptors (Lipinski definition) is 4. The number of rotatable bonds is 2. The minimum Gasteiger partial charge on any atom is -0.506 e. The zero-order valence-electron chi connectivity index (χ0n) is 8.13. The van der Waals surface area contributed by atoms with Crippen LogP contribution in [0, 0.1) is 11.6 Å². The molecule has 0 aliphatic heterocycles. The summed E-state index contributed by atoms with van der Waals surface area (Å²) < 4.78 is 30.6. The standard InChI is InChI=1S/C9H8BrF2NO3/c1-16-9(15)7(13)5-6(12)4(11)2-3(10)8(5)14/h2,7,14H,13H2,1H3/t7-/m0/s1. The fraction of sp³-hybridized carbons (Fsp3) is 0.222. The molecule has 3 N–H and O–H groups in total. The highest BCUT2D eigenvalue weighted by atomic mass is 79.9. The summed E-state index contributed by atoms with van der Waals surface area (Å²) >= 11 is 2.81. The van der Waals surface area contributed by atoms with Gasteiger partial charge in [0.05, 0.1) is 17.1 Å². The van der Waals surface area contributed by atoms with Gasteiger partial charge in [-0.3, -0.25) is 4.79 Å². The lowest BCUT2D eigenvalue weighted by Crippen LogP contribution is -2.24. The summed E-state index contributed by atoms with van der Waals surface area (Å²) in [5.41, 5.74) is 4.69. The van der Waals surface area contributed by atoms with Gasteiger partial charge in [-0.25, -0.2) is 8.78 Å². The second kappa shape index (κ2) is 4.75. The summed E-state index contributed by atoms with van der Waals surface area (Å²) in [4.78, 5) is 11.1. The van der Waals surface area contributed by atoms with Gasteiger partial charge in [0.2, 0.25) is 0 Å². The third-order valence-corrected chi connectivity index (χ3v) is 2.55. The molecule has 7 heteroatoms. The van der Waals surface area contributed by atoms with E-state index in [0.717, 1.165) is 13.2 Å². The fourth-order valence-corrected chi connectivity index (χ4v) is 1.55. The van der Waals surface area contributed by atoms with Crippen LogP contribution in [0.25, 0.3) is 0 Å². The molecule has 1 rings (SSSR count). The molecule has 0 spiro atoms. The molecule has 1 atom stereocenters. The summed E-state index contributed by atoms with van der Waals surface area (Å²) in [6.07, 6.45) is 0. The Kier molecular flexibility index (Phi) is 3.82. The van der Waals surface area contributed by atoms with Crippen molar-refractivity contribution in [2.45, 2.75) is 6.04 Å². The monoisotopic (exact) mass is 295 g/mol. The van der Waals surface area contributed by atoms with E-state index in [1.54, 1.807) is 0 Å². The average molecular weight is 296 g/mol. The number of carbonyl (C=O) groups excluding carboxylic acids is 1. The van der Waals surface area contributed by atoms with Crippen molar-refractivity contribution < 1.29 is 23.4 Å². The molecule has 1 aromatic rings. The zero-order chi connectivity index (χ0) is 12.5. The Morgan fingerprint density at radius 1 is 1.62 bits per heavy atom. The molecule has 0 aliphatic rings. The van der Waals surface area contributed by atoms with Crippen LogP contribution in [0.2, 0.25) is 0 Å². The fourth-order valence-electron chi connectivity index (χ4n) is 1.13. The molecule has 88 valence electrons. The Morgan fingerprint density at radius 3 is 2.69 bits per heavy atom. The molecule has 0 bridgehead atoms. The van der Waals surface area contributed by atoms with Crippen LogP contribution in [0.15, 0.2) is 10.5 Å². The normalized spacial score (nSPS) is 12.3. The van der Waals surface area contributed by atoms with Crippen LogP contribution in [0.3, 0.4) is 0 Å². The minimum absolute atomic E-state index is 0.0965. The Bertz CT molecular complexity index is 413. The van der Waals surface area contributed by atoms with Crippen LogP contribution >= 0.6 is 15.9 Å². The van der Waals surface area contributed by atoms with Crippen LogP contribution in [-0.4, -0.2) is 18.2 Å². The van der Waals surface area contributed by atoms with Crippen LogP contribution < -0.4 is 5.73 Å². The van der Waals surface area contributed by atoms with Crippen molar-refractivity contribution in [3.63, 3.8) is 0 Å². The van der Waals surface area contributed by atoms with Gasteiger partial charge >= 0.3 is 5.97 Å². The molecule has 0 heterocycles. The van der Waals surface area contributed by atoms with Gasteiger partial charge in [0, 0.05) is 0 Å². The maximum atomic E-state index is 13.3. The van der Waals surface area contributed by atoms with Gasteiger partial charge in [0.25, 0.3) is 0 Å². The number of carbonyl (C=O) groups is 1. The number of phenolic OH excluding ortho intramolecular Hbond substituents is 1. The quantitative estimate of drug-likeness (QED) is 0.642. The zero-order valence-corrected chi connectivity index (χ0v) is 9.72. The highest BCUT2D eigenvalue weighted by Gasteiger charge is 2.27. The van der Waals surface area contributed by atoms with E-state index in [2.05, 4.69) is 20.7 Å². The SMILES string of the molecule is COC(=O)[C@@H](N)c1c(O)c(Br)cc(F)c1F. The number of aromatic hydroxyl groups is 1. The second-order valence-electron chi connectivity index (χ2n) is 2.92. The van der Waals surface area contributed by atoms with Crippen molar-refractivity contribution in [2.24, 2.45) is 5.73 Å². The first-order valence-electron chi connectivity index (χ1n) is 4.10. The molecule has 1 aromatic carbocycles. The van der Waals surface area contributed by atoms with Gasteiger partial charge in [-0.2, -0.15) is 0 Å². The highest BCUT2D eigenvalue weighted by Crippen LogP contribution is 2.35. The van der Waals surface area contributed by atoms with Gasteiger partial charge in [-0.1, -0.05) is 0 Å². The molecule has 0 radical (unpaired) electrons. The molecule has 0 unspecified atom stereocenters. The predicted molar refractivity (Wildman–Crippen MR) is 54.7 cm³/mol. The third kappa shape index (κ3) is 2.14. The maximum absolute atomic E-state index is 13.3. The Balaban J connectivity index is 3.37. The predicted octanol–water partition coefficient (Wildman–Crippen LogP) is 1.61. The van der Waals surface area contributed by atoms with E-state index in [9.17, 15) is 18.7 Å². The van der Waals surface area contributed by atoms with Crippen LogP contribution in [0.1, 0.15) is 11.6 Å². The first kappa shape index (κ1) is 12.9. The van der Waals surface area contributed by atoms with Crippen LogP contribution in [-0.2, 0) is 9.53 Å². The topological polar surface area (TPSA) is 72.5 Å². The molecular weight excluding hydrogens is 288 g/mol. The summed E-state index contributed by atoms with van der Waals surface area (Å²) in [5, 5.41) is 9.48. The Morgan fingerprint density at radius 2 is 2.19 bits per heavy atom. The summed E-state index contributed by atoms with van der Waals surface area (Å²) in [7, 11) is 1.05. The molecule has 0 amide bonds. The van der Waals surface area contributed by atoms with Gasteiger partial charge in [-0.05, 0) is 22.0 Å². The number of nitrogens with two attached hydrogens (primary N) is 1. The number of phenols is 1. The van der Waals surface area contributed by atoms with E-state index in [1.165, 1.54) is 0 Å². The molecule has 0 aliphatic carbocycles. The van der Waals surface area contributed by atoms with Gasteiger partial charge < -0.3 is 15.6 Å². The number of hydrogen-bond donors (Lipinski definition) is 2. The van der Waals surface area contributed by atoms with Crippen molar-refractivity contribution in [1.82, 2.24) is 0 Å². The largest absolute Gasteiger partial charge is 0.506 e. The molecule has 0 saturated heterocycles. The highest BCUT2D eigenvalue weighted by molar-refractivity contribution is 9.10. The first-order valence-corrected chi connectivity index (χ1v) is 4.89. The molecule has 4 nitrogen and oxygen atoms in total. The smallest absolute Gasteiger partial charge is 0.327 e. The number of ether oxygens (including phenoxy) is 1. The van der Waals surface area contributed by atoms with Crippen molar-refractivity contribution in [3.05, 3.63) is 27.7 Å². The van der Waals surface area contributed by atoms with Crippen molar-refractivity contribution in [2.75, 3.05) is 7.11 Å². The average Bonchev–Trinajstić information content (AvgIpc) is 2.25. The number of benzene rings is 1. The lowest BCUT2D eigenvalue weighted by Gasteiger charge is -2.13. The van der Waals surface area contributed by atoms with Crippen molar-refractivity contribution >= 4 is 21.9 Å². The van der Waals surface area contributed by atoms with Crippen molar-refractivity contribution in [1.29, 1.82) is 0 Å². The first-order chi connectivity index (χ1) is 7.40. The van der Waals surface area contributed by atoms with E-state index in [1.807, 2.05) is 0 Å². The van der Waals surface area contributed by atoms with Gasteiger partial charge in [-0.15, -0.1) is 0 Å². The Labute approximate surface area is 98.1 Å². The summed E-state index contributed by atoms with van der Waals surface area (Å²) in [6.45, 7) is 0.